The average molecular weight is 249 g/mol. The molecule has 4 nitrogen and oxygen atoms in total. The summed E-state index contributed by atoms with van der Waals surface area (Å²) >= 11 is 0. The highest BCUT2D eigenvalue weighted by Gasteiger charge is 2.28. The first-order chi connectivity index (χ1) is 7.33. The molecule has 96 valence electrons. The van der Waals surface area contributed by atoms with Crippen LogP contribution >= 0.6 is 0 Å². The highest BCUT2D eigenvalue weighted by atomic mass is 32.2. The van der Waals surface area contributed by atoms with Crippen LogP contribution in [-0.4, -0.2) is 44.7 Å². The molecule has 1 rings (SSSR count). The number of hydrogen-bond acceptors (Lipinski definition) is 4. The highest BCUT2D eigenvalue weighted by Crippen LogP contribution is 2.16. The lowest BCUT2D eigenvalue weighted by Gasteiger charge is -2.24. The molecule has 1 aliphatic heterocycles. The number of rotatable bonds is 4. The largest absolute Gasteiger partial charge is 0.377 e. The Balaban J connectivity index is 2.29. The quantitative estimate of drug-likeness (QED) is 0.806. The van der Waals surface area contributed by atoms with Gasteiger partial charge in [-0.1, -0.05) is 0 Å². The zero-order chi connectivity index (χ0) is 12.2. The Hall–Kier alpha value is -0.130. The van der Waals surface area contributed by atoms with Crippen LogP contribution in [0, 0.1) is 0 Å². The summed E-state index contributed by atoms with van der Waals surface area (Å²) in [6.45, 7) is 7.45. The SMILES string of the molecule is CC(C)(C)S(=O)(=O)CCOC1CCNCC1. The van der Waals surface area contributed by atoms with Gasteiger partial charge in [0.05, 0.1) is 23.2 Å². The van der Waals surface area contributed by atoms with E-state index in [1.54, 1.807) is 20.8 Å². The van der Waals surface area contributed by atoms with E-state index in [0.29, 0.717) is 6.61 Å². The van der Waals surface area contributed by atoms with Crippen LogP contribution < -0.4 is 5.32 Å². The minimum atomic E-state index is -3.04. The lowest BCUT2D eigenvalue weighted by Crippen LogP contribution is -2.35. The molecule has 1 heterocycles. The molecule has 1 N–H and O–H groups in total. The van der Waals surface area contributed by atoms with Crippen LogP contribution in [0.1, 0.15) is 33.6 Å². The van der Waals surface area contributed by atoms with Crippen molar-refractivity contribution >= 4 is 9.84 Å². The molecular formula is C11H23NO3S. The Morgan fingerprint density at radius 1 is 1.25 bits per heavy atom. The summed E-state index contributed by atoms with van der Waals surface area (Å²) in [5.74, 6) is 0.125. The van der Waals surface area contributed by atoms with Crippen LogP contribution in [0.3, 0.4) is 0 Å². The maximum absolute atomic E-state index is 11.8. The first kappa shape index (κ1) is 13.9. The van der Waals surface area contributed by atoms with Crippen molar-refractivity contribution < 1.29 is 13.2 Å². The zero-order valence-corrected chi connectivity index (χ0v) is 11.3. The fourth-order valence-electron chi connectivity index (χ4n) is 1.59. The molecule has 0 unspecified atom stereocenters. The molecule has 1 saturated heterocycles. The van der Waals surface area contributed by atoms with Gasteiger partial charge < -0.3 is 10.1 Å². The third-order valence-electron chi connectivity index (χ3n) is 2.92. The van der Waals surface area contributed by atoms with Gasteiger partial charge in [0, 0.05) is 0 Å². The monoisotopic (exact) mass is 249 g/mol. The van der Waals surface area contributed by atoms with E-state index in [2.05, 4.69) is 5.32 Å². The van der Waals surface area contributed by atoms with Crippen LogP contribution in [-0.2, 0) is 14.6 Å². The Bertz CT molecular complexity index is 300. The molecule has 0 spiro atoms. The molecule has 1 fully saturated rings. The van der Waals surface area contributed by atoms with Gasteiger partial charge in [-0.15, -0.1) is 0 Å². The summed E-state index contributed by atoms with van der Waals surface area (Å²) in [7, 11) is -3.04. The molecule has 0 aliphatic carbocycles. The predicted octanol–water partition coefficient (Wildman–Crippen LogP) is 0.968. The maximum Gasteiger partial charge on any atom is 0.157 e. The summed E-state index contributed by atoms with van der Waals surface area (Å²) in [5, 5.41) is 3.25. The lowest BCUT2D eigenvalue weighted by molar-refractivity contribution is 0.0425. The first-order valence-electron chi connectivity index (χ1n) is 5.87. The number of hydrogen-bond donors (Lipinski definition) is 1. The van der Waals surface area contributed by atoms with Crippen molar-refractivity contribution in [1.29, 1.82) is 0 Å². The molecule has 0 aromatic heterocycles. The van der Waals surface area contributed by atoms with Gasteiger partial charge in [-0.25, -0.2) is 8.42 Å². The zero-order valence-electron chi connectivity index (χ0n) is 10.5. The Morgan fingerprint density at radius 2 is 1.81 bits per heavy atom. The molecule has 5 heteroatoms. The molecule has 0 radical (unpaired) electrons. The number of sulfone groups is 1. The minimum absolute atomic E-state index is 0.125. The second-order valence-corrected chi connectivity index (χ2v) is 8.11. The van der Waals surface area contributed by atoms with Crippen molar-refractivity contribution in [1.82, 2.24) is 5.32 Å². The standard InChI is InChI=1S/C11H23NO3S/c1-11(2,3)16(13,14)9-8-15-10-4-6-12-7-5-10/h10,12H,4-9H2,1-3H3. The fourth-order valence-corrected chi connectivity index (χ4v) is 2.52. The number of nitrogens with one attached hydrogen (secondary N) is 1. The average Bonchev–Trinajstić information content (AvgIpc) is 2.17. The molecule has 0 atom stereocenters. The van der Waals surface area contributed by atoms with Crippen molar-refractivity contribution in [2.24, 2.45) is 0 Å². The van der Waals surface area contributed by atoms with E-state index in [9.17, 15) is 8.42 Å². The van der Waals surface area contributed by atoms with Gasteiger partial charge in [-0.2, -0.15) is 0 Å². The Labute approximate surface area is 98.7 Å². The summed E-state index contributed by atoms with van der Waals surface area (Å²) in [6.07, 6.45) is 2.20. The summed E-state index contributed by atoms with van der Waals surface area (Å²) < 4.78 is 28.5. The van der Waals surface area contributed by atoms with Gasteiger partial charge in [0.25, 0.3) is 0 Å². The van der Waals surface area contributed by atoms with Gasteiger partial charge in [0.1, 0.15) is 0 Å². The van der Waals surface area contributed by atoms with Crippen molar-refractivity contribution in [3.05, 3.63) is 0 Å². The smallest absolute Gasteiger partial charge is 0.157 e. The van der Waals surface area contributed by atoms with Gasteiger partial charge in [0.2, 0.25) is 0 Å². The second-order valence-electron chi connectivity index (χ2n) is 5.25. The highest BCUT2D eigenvalue weighted by molar-refractivity contribution is 7.92. The maximum atomic E-state index is 11.8. The lowest BCUT2D eigenvalue weighted by atomic mass is 10.1. The van der Waals surface area contributed by atoms with E-state index in [0.717, 1.165) is 25.9 Å². The van der Waals surface area contributed by atoms with E-state index < -0.39 is 14.6 Å². The van der Waals surface area contributed by atoms with Crippen LogP contribution in [0.4, 0.5) is 0 Å². The van der Waals surface area contributed by atoms with Crippen LogP contribution in [0.5, 0.6) is 0 Å². The van der Waals surface area contributed by atoms with Gasteiger partial charge in [-0.3, -0.25) is 0 Å². The van der Waals surface area contributed by atoms with Crippen LogP contribution in [0.2, 0.25) is 0 Å². The molecule has 1 aliphatic rings. The molecular weight excluding hydrogens is 226 g/mol. The van der Waals surface area contributed by atoms with Gasteiger partial charge >= 0.3 is 0 Å². The minimum Gasteiger partial charge on any atom is -0.377 e. The van der Waals surface area contributed by atoms with E-state index in [-0.39, 0.29) is 11.9 Å². The predicted molar refractivity (Wildman–Crippen MR) is 65.4 cm³/mol. The summed E-state index contributed by atoms with van der Waals surface area (Å²) in [6, 6.07) is 0. The molecule has 0 saturated carbocycles. The number of piperidine rings is 1. The third kappa shape index (κ3) is 4.03. The third-order valence-corrected chi connectivity index (χ3v) is 5.49. The Morgan fingerprint density at radius 3 is 2.31 bits per heavy atom. The molecule has 0 aromatic carbocycles. The van der Waals surface area contributed by atoms with Crippen molar-refractivity contribution in [3.8, 4) is 0 Å². The van der Waals surface area contributed by atoms with Gasteiger partial charge in [0.15, 0.2) is 9.84 Å². The Kier molecular flexibility index (Phi) is 4.76. The van der Waals surface area contributed by atoms with Crippen molar-refractivity contribution in [2.75, 3.05) is 25.4 Å². The van der Waals surface area contributed by atoms with Crippen LogP contribution in [0.15, 0.2) is 0 Å². The molecule has 0 bridgehead atoms. The van der Waals surface area contributed by atoms with Crippen molar-refractivity contribution in [2.45, 2.75) is 44.5 Å². The van der Waals surface area contributed by atoms with E-state index in [1.807, 2.05) is 0 Å². The van der Waals surface area contributed by atoms with Crippen LogP contribution in [0.25, 0.3) is 0 Å². The normalized spacial score (nSPS) is 19.9. The number of ether oxygens (including phenoxy) is 1. The topological polar surface area (TPSA) is 55.4 Å². The molecule has 0 aromatic rings. The fraction of sp³-hybridized carbons (Fsp3) is 1.00. The van der Waals surface area contributed by atoms with E-state index in [4.69, 9.17) is 4.74 Å². The first-order valence-corrected chi connectivity index (χ1v) is 7.53. The van der Waals surface area contributed by atoms with Gasteiger partial charge in [-0.05, 0) is 46.7 Å². The van der Waals surface area contributed by atoms with Crippen molar-refractivity contribution in [3.63, 3.8) is 0 Å². The summed E-state index contributed by atoms with van der Waals surface area (Å²) in [4.78, 5) is 0. The van der Waals surface area contributed by atoms with E-state index in [1.165, 1.54) is 0 Å². The molecule has 16 heavy (non-hydrogen) atoms. The van der Waals surface area contributed by atoms with E-state index >= 15 is 0 Å². The summed E-state index contributed by atoms with van der Waals surface area (Å²) in [5.41, 5.74) is 0. The molecule has 0 amide bonds. The second kappa shape index (κ2) is 5.47.